The lowest BCUT2D eigenvalue weighted by Gasteiger charge is -2.32. The van der Waals surface area contributed by atoms with Gasteiger partial charge in [-0.05, 0) is 42.3 Å². The van der Waals surface area contributed by atoms with Crippen molar-refractivity contribution in [3.63, 3.8) is 0 Å². The van der Waals surface area contributed by atoms with Crippen LogP contribution >= 0.6 is 11.3 Å². The maximum absolute atomic E-state index is 12.4. The highest BCUT2D eigenvalue weighted by atomic mass is 32.1. The fraction of sp³-hybridized carbons (Fsp3) is 0.294. The van der Waals surface area contributed by atoms with Crippen molar-refractivity contribution in [1.29, 1.82) is 0 Å². The molecule has 6 heteroatoms. The van der Waals surface area contributed by atoms with Gasteiger partial charge in [0.25, 0.3) is 5.91 Å². The van der Waals surface area contributed by atoms with Crippen molar-refractivity contribution in [3.8, 4) is 0 Å². The molecule has 0 atom stereocenters. The van der Waals surface area contributed by atoms with Crippen LogP contribution in [0.25, 0.3) is 0 Å². The zero-order valence-corrected chi connectivity index (χ0v) is 13.8. The molecule has 0 saturated heterocycles. The number of rotatable bonds is 4. The number of nitrogens with zero attached hydrogens (tertiary/aromatic N) is 1. The molecule has 120 valence electrons. The minimum Gasteiger partial charge on any atom is -0.366 e. The van der Waals surface area contributed by atoms with Crippen molar-refractivity contribution >= 4 is 33.8 Å². The lowest BCUT2D eigenvalue weighted by atomic mass is 9.98. The Balaban J connectivity index is 1.75. The molecule has 0 spiro atoms. The van der Waals surface area contributed by atoms with Gasteiger partial charge in [0.15, 0.2) is 0 Å². The summed E-state index contributed by atoms with van der Waals surface area (Å²) in [6.45, 7) is 3.20. The number of aryl methyl sites for hydroxylation is 2. The second-order valence-corrected chi connectivity index (χ2v) is 6.60. The first-order valence-electron chi connectivity index (χ1n) is 7.57. The highest BCUT2D eigenvalue weighted by Gasteiger charge is 2.21. The van der Waals surface area contributed by atoms with Gasteiger partial charge in [0.1, 0.15) is 5.00 Å². The fourth-order valence-corrected chi connectivity index (χ4v) is 3.85. The number of amides is 2. The summed E-state index contributed by atoms with van der Waals surface area (Å²) in [5.74, 6) is -0.660. The van der Waals surface area contributed by atoms with E-state index in [1.54, 1.807) is 11.4 Å². The molecule has 0 saturated carbocycles. The molecular weight excluding hydrogens is 310 g/mol. The summed E-state index contributed by atoms with van der Waals surface area (Å²) < 4.78 is 0. The van der Waals surface area contributed by atoms with E-state index in [4.69, 9.17) is 5.73 Å². The van der Waals surface area contributed by atoms with E-state index in [-0.39, 0.29) is 12.5 Å². The zero-order valence-electron chi connectivity index (χ0n) is 13.0. The molecule has 3 rings (SSSR count). The molecule has 3 N–H and O–H groups in total. The Bertz CT molecular complexity index is 754. The number of nitrogens with one attached hydrogen (secondary N) is 1. The maximum Gasteiger partial charge on any atom is 0.251 e. The number of para-hydroxylation sites is 1. The van der Waals surface area contributed by atoms with E-state index in [1.165, 1.54) is 22.5 Å². The van der Waals surface area contributed by atoms with Crippen LogP contribution in [0.4, 0.5) is 10.7 Å². The molecular formula is C17H19N3O2S. The average molecular weight is 329 g/mol. The quantitative estimate of drug-likeness (QED) is 0.905. The average Bonchev–Trinajstić information content (AvgIpc) is 2.95. The van der Waals surface area contributed by atoms with E-state index < -0.39 is 5.91 Å². The van der Waals surface area contributed by atoms with Gasteiger partial charge < -0.3 is 16.0 Å². The molecule has 0 fully saturated rings. The maximum atomic E-state index is 12.4. The number of thiophene rings is 1. The molecule has 5 nitrogen and oxygen atoms in total. The molecule has 2 amide bonds. The lowest BCUT2D eigenvalue weighted by molar-refractivity contribution is -0.115. The van der Waals surface area contributed by atoms with Crippen LogP contribution in [-0.2, 0) is 11.2 Å². The predicted octanol–water partition coefficient (Wildman–Crippen LogP) is 2.55. The van der Waals surface area contributed by atoms with E-state index in [0.717, 1.165) is 25.1 Å². The van der Waals surface area contributed by atoms with E-state index in [0.29, 0.717) is 10.6 Å². The molecule has 0 aliphatic carbocycles. The zero-order chi connectivity index (χ0) is 16.4. The van der Waals surface area contributed by atoms with Gasteiger partial charge in [-0.25, -0.2) is 0 Å². The van der Waals surface area contributed by atoms with Crippen molar-refractivity contribution in [2.75, 3.05) is 23.3 Å². The number of hydrogen-bond donors (Lipinski definition) is 2. The minimum absolute atomic E-state index is 0.133. The number of benzene rings is 1. The molecule has 1 aliphatic rings. The van der Waals surface area contributed by atoms with E-state index in [1.807, 2.05) is 0 Å². The molecule has 23 heavy (non-hydrogen) atoms. The number of hydrogen-bond acceptors (Lipinski definition) is 4. The summed E-state index contributed by atoms with van der Waals surface area (Å²) in [4.78, 5) is 25.8. The van der Waals surface area contributed by atoms with Crippen LogP contribution in [0.5, 0.6) is 0 Å². The van der Waals surface area contributed by atoms with Crippen molar-refractivity contribution < 1.29 is 9.59 Å². The largest absolute Gasteiger partial charge is 0.366 e. The highest BCUT2D eigenvalue weighted by Crippen LogP contribution is 2.30. The first-order chi connectivity index (χ1) is 11.1. The normalized spacial score (nSPS) is 13.5. The SMILES string of the molecule is Cc1cccc2c1N(CC(=O)Nc1sccc1C(N)=O)CCC2. The Kier molecular flexibility index (Phi) is 4.34. The Labute approximate surface area is 139 Å². The number of nitrogens with two attached hydrogens (primary N) is 1. The van der Waals surface area contributed by atoms with Gasteiger partial charge in [0, 0.05) is 12.2 Å². The Hall–Kier alpha value is -2.34. The predicted molar refractivity (Wildman–Crippen MR) is 93.2 cm³/mol. The van der Waals surface area contributed by atoms with Gasteiger partial charge in [-0.2, -0.15) is 0 Å². The Morgan fingerprint density at radius 1 is 1.35 bits per heavy atom. The van der Waals surface area contributed by atoms with Crippen LogP contribution in [0.1, 0.15) is 27.9 Å². The van der Waals surface area contributed by atoms with Gasteiger partial charge in [-0.1, -0.05) is 18.2 Å². The summed E-state index contributed by atoms with van der Waals surface area (Å²) in [5, 5.41) is 5.07. The third kappa shape index (κ3) is 3.22. The monoisotopic (exact) mass is 329 g/mol. The number of anilines is 2. The third-order valence-electron chi connectivity index (χ3n) is 4.03. The van der Waals surface area contributed by atoms with Gasteiger partial charge in [-0.3, -0.25) is 9.59 Å². The van der Waals surface area contributed by atoms with Crippen LogP contribution in [-0.4, -0.2) is 24.9 Å². The molecule has 2 aromatic rings. The van der Waals surface area contributed by atoms with Crippen LogP contribution in [0.3, 0.4) is 0 Å². The summed E-state index contributed by atoms with van der Waals surface area (Å²) in [7, 11) is 0. The summed E-state index contributed by atoms with van der Waals surface area (Å²) >= 11 is 1.31. The van der Waals surface area contributed by atoms with Crippen molar-refractivity contribution in [1.82, 2.24) is 0 Å². The Morgan fingerprint density at radius 2 is 2.17 bits per heavy atom. The topological polar surface area (TPSA) is 75.4 Å². The van der Waals surface area contributed by atoms with Crippen LogP contribution < -0.4 is 16.0 Å². The van der Waals surface area contributed by atoms with Crippen molar-refractivity contribution in [2.45, 2.75) is 19.8 Å². The molecule has 1 aromatic carbocycles. The molecule has 1 aromatic heterocycles. The van der Waals surface area contributed by atoms with Gasteiger partial charge in [0.05, 0.1) is 12.1 Å². The van der Waals surface area contributed by atoms with Crippen LogP contribution in [0.2, 0.25) is 0 Å². The van der Waals surface area contributed by atoms with Crippen molar-refractivity contribution in [2.24, 2.45) is 5.73 Å². The minimum atomic E-state index is -0.527. The lowest BCUT2D eigenvalue weighted by Crippen LogP contribution is -2.37. The number of primary amides is 1. The molecule has 0 bridgehead atoms. The standard InChI is InChI=1S/C17H19N3O2S/c1-11-4-2-5-12-6-3-8-20(15(11)12)10-14(21)19-17-13(16(18)22)7-9-23-17/h2,4-5,7,9H,3,6,8,10H2,1H3,(H2,18,22)(H,19,21). The molecule has 0 radical (unpaired) electrons. The highest BCUT2D eigenvalue weighted by molar-refractivity contribution is 7.14. The fourth-order valence-electron chi connectivity index (χ4n) is 3.04. The second kappa shape index (κ2) is 6.42. The summed E-state index contributed by atoms with van der Waals surface area (Å²) in [6.07, 6.45) is 2.08. The number of fused-ring (bicyclic) bond motifs is 1. The smallest absolute Gasteiger partial charge is 0.251 e. The van der Waals surface area contributed by atoms with E-state index >= 15 is 0 Å². The Morgan fingerprint density at radius 3 is 2.96 bits per heavy atom. The van der Waals surface area contributed by atoms with E-state index in [9.17, 15) is 9.59 Å². The molecule has 2 heterocycles. The second-order valence-electron chi connectivity index (χ2n) is 5.68. The number of carbonyl (C=O) groups excluding carboxylic acids is 2. The molecule has 1 aliphatic heterocycles. The van der Waals surface area contributed by atoms with E-state index in [2.05, 4.69) is 35.3 Å². The summed E-state index contributed by atoms with van der Waals surface area (Å²) in [5.41, 5.74) is 9.30. The van der Waals surface area contributed by atoms with Crippen molar-refractivity contribution in [3.05, 3.63) is 46.3 Å². The summed E-state index contributed by atoms with van der Waals surface area (Å²) in [6, 6.07) is 7.88. The third-order valence-corrected chi connectivity index (χ3v) is 4.86. The number of carbonyl (C=O) groups is 2. The van der Waals surface area contributed by atoms with Gasteiger partial charge in [-0.15, -0.1) is 11.3 Å². The van der Waals surface area contributed by atoms with Gasteiger partial charge >= 0.3 is 0 Å². The van der Waals surface area contributed by atoms with Crippen LogP contribution in [0, 0.1) is 6.92 Å². The van der Waals surface area contributed by atoms with Gasteiger partial charge in [0.2, 0.25) is 5.91 Å². The van der Waals surface area contributed by atoms with Crippen LogP contribution in [0.15, 0.2) is 29.6 Å². The first kappa shape index (κ1) is 15.6. The molecule has 0 unspecified atom stereocenters. The first-order valence-corrected chi connectivity index (χ1v) is 8.45.